The zero-order chi connectivity index (χ0) is 11.4. The van der Waals surface area contributed by atoms with Crippen molar-refractivity contribution in [3.05, 3.63) is 24.3 Å². The molecule has 0 aromatic heterocycles. The lowest BCUT2D eigenvalue weighted by Crippen LogP contribution is -2.45. The van der Waals surface area contributed by atoms with Gasteiger partial charge in [0.2, 0.25) is 0 Å². The predicted molar refractivity (Wildman–Crippen MR) is 69.4 cm³/mol. The maximum atomic E-state index is 5.22. The van der Waals surface area contributed by atoms with Crippen molar-refractivity contribution in [2.24, 2.45) is 0 Å². The number of thiocarbonyl (C=S) groups is 1. The third kappa shape index (κ3) is 2.44. The van der Waals surface area contributed by atoms with Gasteiger partial charge in [0.25, 0.3) is 0 Å². The van der Waals surface area contributed by atoms with Crippen LogP contribution in [0.4, 0.5) is 5.69 Å². The van der Waals surface area contributed by atoms with Crippen molar-refractivity contribution in [2.45, 2.75) is 0 Å². The first kappa shape index (κ1) is 11.2. The lowest BCUT2D eigenvalue weighted by atomic mass is 10.2. The van der Waals surface area contributed by atoms with Gasteiger partial charge in [0.15, 0.2) is 0 Å². The maximum absolute atomic E-state index is 5.22. The highest BCUT2D eigenvalue weighted by Gasteiger charge is 2.15. The molecular weight excluding hydrogens is 220 g/mol. The molecule has 4 heteroatoms. The molecule has 1 aliphatic heterocycles. The minimum absolute atomic E-state index is 0.904. The molecule has 0 bridgehead atoms. The van der Waals surface area contributed by atoms with E-state index in [-0.39, 0.29) is 0 Å². The number of methoxy groups -OCH3 is 1. The Kier molecular flexibility index (Phi) is 3.62. The van der Waals surface area contributed by atoms with Crippen LogP contribution in [0.1, 0.15) is 0 Å². The molecule has 0 N–H and O–H groups in total. The zero-order valence-corrected chi connectivity index (χ0v) is 10.2. The van der Waals surface area contributed by atoms with Gasteiger partial charge in [0.1, 0.15) is 11.2 Å². The molecule has 1 aliphatic rings. The first-order valence-corrected chi connectivity index (χ1v) is 5.76. The van der Waals surface area contributed by atoms with Crippen molar-refractivity contribution in [3.63, 3.8) is 0 Å². The minimum atomic E-state index is 0.904. The zero-order valence-electron chi connectivity index (χ0n) is 9.35. The van der Waals surface area contributed by atoms with E-state index in [4.69, 9.17) is 17.0 Å². The van der Waals surface area contributed by atoms with Crippen molar-refractivity contribution < 1.29 is 4.74 Å². The topological polar surface area (TPSA) is 15.7 Å². The first-order valence-electron chi connectivity index (χ1n) is 5.35. The van der Waals surface area contributed by atoms with Crippen LogP contribution in [-0.2, 0) is 0 Å². The van der Waals surface area contributed by atoms with Gasteiger partial charge in [-0.15, -0.1) is 0 Å². The van der Waals surface area contributed by atoms with Crippen LogP contribution in [0.3, 0.4) is 0 Å². The number of rotatable bonds is 3. The normalized spacial score (nSPS) is 16.1. The van der Waals surface area contributed by atoms with Crippen LogP contribution >= 0.6 is 12.2 Å². The van der Waals surface area contributed by atoms with Crippen LogP contribution in [0.2, 0.25) is 0 Å². The Morgan fingerprint density at radius 3 is 2.62 bits per heavy atom. The molecule has 0 unspecified atom stereocenters. The van der Waals surface area contributed by atoms with Crippen LogP contribution in [0.15, 0.2) is 24.3 Å². The number of ether oxygens (including phenoxy) is 1. The first-order chi connectivity index (χ1) is 7.83. The van der Waals surface area contributed by atoms with Crippen LogP contribution in [0, 0.1) is 0 Å². The second-order valence-electron chi connectivity index (χ2n) is 3.77. The highest BCUT2D eigenvalue weighted by atomic mass is 32.1. The van der Waals surface area contributed by atoms with E-state index in [1.54, 1.807) is 7.11 Å². The standard InChI is InChI=1S/C12H15N2OS/c1-15-12-4-2-3-11(9-12)14-7-5-13(10-16)6-8-14/h2-4,9H,5-8H2,1H3. The van der Waals surface area contributed by atoms with Crippen LogP contribution in [-0.4, -0.2) is 43.7 Å². The molecule has 1 saturated heterocycles. The lowest BCUT2D eigenvalue weighted by Gasteiger charge is -2.34. The highest BCUT2D eigenvalue weighted by molar-refractivity contribution is 7.78. The van der Waals surface area contributed by atoms with E-state index in [2.05, 4.69) is 22.5 Å². The van der Waals surface area contributed by atoms with E-state index in [0.29, 0.717) is 0 Å². The van der Waals surface area contributed by atoms with Gasteiger partial charge in [-0.25, -0.2) is 0 Å². The van der Waals surface area contributed by atoms with Gasteiger partial charge in [-0.1, -0.05) is 18.3 Å². The van der Waals surface area contributed by atoms with Crippen molar-refractivity contribution in [2.75, 3.05) is 38.2 Å². The van der Waals surface area contributed by atoms with Crippen molar-refractivity contribution >= 4 is 23.4 Å². The van der Waals surface area contributed by atoms with E-state index >= 15 is 0 Å². The average Bonchev–Trinajstić information content (AvgIpc) is 2.39. The Morgan fingerprint density at radius 1 is 1.25 bits per heavy atom. The molecule has 0 aliphatic carbocycles. The van der Waals surface area contributed by atoms with Crippen molar-refractivity contribution in [3.8, 4) is 5.75 Å². The molecule has 3 nitrogen and oxygen atoms in total. The highest BCUT2D eigenvalue weighted by Crippen LogP contribution is 2.21. The van der Waals surface area contributed by atoms with E-state index in [9.17, 15) is 0 Å². The second kappa shape index (κ2) is 5.16. The number of hydrogen-bond donors (Lipinski definition) is 0. The van der Waals surface area contributed by atoms with Gasteiger partial charge in [-0.05, 0) is 12.1 Å². The van der Waals surface area contributed by atoms with Crippen LogP contribution in [0.25, 0.3) is 0 Å². The van der Waals surface area contributed by atoms with E-state index in [1.165, 1.54) is 5.69 Å². The van der Waals surface area contributed by atoms with Crippen LogP contribution < -0.4 is 9.64 Å². The largest absolute Gasteiger partial charge is 0.497 e. The summed E-state index contributed by atoms with van der Waals surface area (Å²) in [5.74, 6) is 0.904. The van der Waals surface area contributed by atoms with Gasteiger partial charge >= 0.3 is 0 Å². The molecule has 2 rings (SSSR count). The van der Waals surface area contributed by atoms with E-state index in [1.807, 2.05) is 17.0 Å². The second-order valence-corrected chi connectivity index (χ2v) is 3.95. The SMILES string of the molecule is COc1cccc(N2CCN([C]=S)CC2)c1. The molecular formula is C12H15N2OS. The monoisotopic (exact) mass is 235 g/mol. The Labute approximate surface area is 102 Å². The van der Waals surface area contributed by atoms with Gasteiger partial charge in [0.05, 0.1) is 7.11 Å². The fourth-order valence-electron chi connectivity index (χ4n) is 1.86. The molecule has 16 heavy (non-hydrogen) atoms. The summed E-state index contributed by atoms with van der Waals surface area (Å²) >= 11 is 4.80. The van der Waals surface area contributed by atoms with Crippen molar-refractivity contribution in [1.29, 1.82) is 0 Å². The summed E-state index contributed by atoms with van der Waals surface area (Å²) in [6, 6.07) is 8.16. The van der Waals surface area contributed by atoms with Crippen molar-refractivity contribution in [1.82, 2.24) is 4.90 Å². The summed E-state index contributed by atoms with van der Waals surface area (Å²) in [6.07, 6.45) is 0. The summed E-state index contributed by atoms with van der Waals surface area (Å²) in [4.78, 5) is 4.39. The van der Waals surface area contributed by atoms with Gasteiger partial charge in [0, 0.05) is 37.9 Å². The fourth-order valence-corrected chi connectivity index (χ4v) is 2.05. The molecule has 0 saturated carbocycles. The Bertz CT molecular complexity index is 362. The molecule has 1 aromatic carbocycles. The molecule has 0 spiro atoms. The fraction of sp³-hybridized carbons (Fsp3) is 0.417. The number of nitrogens with zero attached hydrogens (tertiary/aromatic N) is 2. The summed E-state index contributed by atoms with van der Waals surface area (Å²) in [5.41, 5.74) is 3.98. The summed E-state index contributed by atoms with van der Waals surface area (Å²) in [5, 5.41) is 0. The average molecular weight is 235 g/mol. The number of anilines is 1. The Balaban J connectivity index is 2.04. The van der Waals surface area contributed by atoms with Gasteiger partial charge < -0.3 is 14.5 Å². The summed E-state index contributed by atoms with van der Waals surface area (Å²) in [7, 11) is 1.69. The number of piperazine rings is 1. The van der Waals surface area contributed by atoms with E-state index in [0.717, 1.165) is 31.9 Å². The molecule has 1 aromatic rings. The molecule has 0 atom stereocenters. The summed E-state index contributed by atoms with van der Waals surface area (Å²) < 4.78 is 5.22. The molecule has 85 valence electrons. The number of hydrogen-bond acceptors (Lipinski definition) is 3. The third-order valence-electron chi connectivity index (χ3n) is 2.83. The van der Waals surface area contributed by atoms with Gasteiger partial charge in [-0.3, -0.25) is 0 Å². The summed E-state index contributed by atoms with van der Waals surface area (Å²) in [6.45, 7) is 3.86. The van der Waals surface area contributed by atoms with E-state index < -0.39 is 0 Å². The smallest absolute Gasteiger partial charge is 0.137 e. The Hall–Kier alpha value is -1.29. The molecule has 1 fully saturated rings. The molecule has 1 radical (unpaired) electrons. The predicted octanol–water partition coefficient (Wildman–Crippen LogP) is 1.65. The van der Waals surface area contributed by atoms with Crippen LogP contribution in [0.5, 0.6) is 5.75 Å². The molecule has 0 amide bonds. The third-order valence-corrected chi connectivity index (χ3v) is 3.09. The van der Waals surface area contributed by atoms with Gasteiger partial charge in [-0.2, -0.15) is 0 Å². The molecule has 1 heterocycles. The quantitative estimate of drug-likeness (QED) is 0.740. The lowest BCUT2D eigenvalue weighted by molar-refractivity contribution is 0.398. The Morgan fingerprint density at radius 2 is 2.00 bits per heavy atom. The number of benzene rings is 1. The maximum Gasteiger partial charge on any atom is 0.137 e. The minimum Gasteiger partial charge on any atom is -0.497 e.